The number of aliphatic hydroxyl groups excluding tert-OH is 2. The molecular formula is C6H17FO2. The highest BCUT2D eigenvalue weighted by atomic mass is 19.0. The molecule has 0 saturated carbocycles. The van der Waals surface area contributed by atoms with Gasteiger partial charge in [0.15, 0.2) is 0 Å². The van der Waals surface area contributed by atoms with E-state index in [1.807, 2.05) is 13.8 Å². The second-order valence-electron chi connectivity index (χ2n) is 1.45. The summed E-state index contributed by atoms with van der Waals surface area (Å²) in [5, 5.41) is 15.8. The average Bonchev–Trinajstić information content (AvgIpc) is 1.88. The molecular weight excluding hydrogens is 123 g/mol. The summed E-state index contributed by atoms with van der Waals surface area (Å²) < 4.78 is 0. The van der Waals surface area contributed by atoms with E-state index in [0.29, 0.717) is 13.2 Å². The molecule has 0 unspecified atom stereocenters. The fourth-order valence-electron chi connectivity index (χ4n) is 0. The van der Waals surface area contributed by atoms with Crippen molar-refractivity contribution in [2.75, 3.05) is 13.2 Å². The number of aliphatic hydroxyl groups is 2. The number of rotatable bonds is 2. The van der Waals surface area contributed by atoms with Crippen molar-refractivity contribution in [1.82, 2.24) is 0 Å². The SMILES string of the molecule is CCCO.CCCO.F. The molecule has 0 saturated heterocycles. The molecule has 0 aliphatic heterocycles. The van der Waals surface area contributed by atoms with Crippen molar-refractivity contribution < 1.29 is 14.9 Å². The predicted octanol–water partition coefficient (Wildman–Crippen LogP) is 0.930. The molecule has 0 aromatic heterocycles. The van der Waals surface area contributed by atoms with Gasteiger partial charge in [-0.1, -0.05) is 13.8 Å². The third-order valence-corrected chi connectivity index (χ3v) is 0.447. The van der Waals surface area contributed by atoms with Gasteiger partial charge in [0.1, 0.15) is 0 Å². The summed E-state index contributed by atoms with van der Waals surface area (Å²) in [5.41, 5.74) is 0. The summed E-state index contributed by atoms with van der Waals surface area (Å²) in [7, 11) is 0. The standard InChI is InChI=1S/2C3H8O.FH/c2*1-2-3-4;/h2*4H,2-3H2,1H3;1H. The summed E-state index contributed by atoms with van der Waals surface area (Å²) in [4.78, 5) is 0. The first kappa shape index (κ1) is 15.9. The molecule has 0 heterocycles. The van der Waals surface area contributed by atoms with Gasteiger partial charge in [0.25, 0.3) is 0 Å². The van der Waals surface area contributed by atoms with E-state index in [4.69, 9.17) is 10.2 Å². The van der Waals surface area contributed by atoms with Crippen molar-refractivity contribution in [2.45, 2.75) is 26.7 Å². The Bertz CT molecular complexity index is 19.0. The highest BCUT2D eigenvalue weighted by Gasteiger charge is 1.57. The Morgan fingerprint density at radius 2 is 1.00 bits per heavy atom. The Balaban J connectivity index is -0.0000000720. The van der Waals surface area contributed by atoms with Crippen molar-refractivity contribution in [3.63, 3.8) is 0 Å². The van der Waals surface area contributed by atoms with Crippen LogP contribution in [0, 0.1) is 0 Å². The van der Waals surface area contributed by atoms with Crippen LogP contribution in [0.2, 0.25) is 0 Å². The molecule has 0 aliphatic carbocycles. The van der Waals surface area contributed by atoms with Crippen molar-refractivity contribution in [3.05, 3.63) is 0 Å². The van der Waals surface area contributed by atoms with Crippen molar-refractivity contribution in [1.29, 1.82) is 0 Å². The van der Waals surface area contributed by atoms with Crippen LogP contribution >= 0.6 is 0 Å². The maximum atomic E-state index is 7.88. The van der Waals surface area contributed by atoms with E-state index < -0.39 is 0 Å². The number of hydrogen-bond acceptors (Lipinski definition) is 2. The first-order valence-electron chi connectivity index (χ1n) is 3.05. The normalized spacial score (nSPS) is 6.67. The topological polar surface area (TPSA) is 40.5 Å². The molecule has 0 rings (SSSR count). The monoisotopic (exact) mass is 140 g/mol. The Morgan fingerprint density at radius 1 is 0.889 bits per heavy atom. The molecule has 0 amide bonds. The molecule has 9 heavy (non-hydrogen) atoms. The van der Waals surface area contributed by atoms with Gasteiger partial charge in [-0.3, -0.25) is 4.70 Å². The van der Waals surface area contributed by atoms with E-state index in [2.05, 4.69) is 0 Å². The molecule has 60 valence electrons. The first-order valence-corrected chi connectivity index (χ1v) is 3.05. The number of halogens is 1. The Morgan fingerprint density at radius 3 is 1.00 bits per heavy atom. The highest BCUT2D eigenvalue weighted by molar-refractivity contribution is 4.10. The predicted molar refractivity (Wildman–Crippen MR) is 37.3 cm³/mol. The smallest absolute Gasteiger partial charge is 0.0428 e. The molecule has 0 spiro atoms. The second-order valence-corrected chi connectivity index (χ2v) is 1.45. The van der Waals surface area contributed by atoms with Gasteiger partial charge in [-0.25, -0.2) is 0 Å². The Hall–Kier alpha value is -0.150. The average molecular weight is 140 g/mol. The van der Waals surface area contributed by atoms with E-state index in [9.17, 15) is 0 Å². The molecule has 0 aromatic rings. The van der Waals surface area contributed by atoms with Gasteiger partial charge in [-0.05, 0) is 12.8 Å². The van der Waals surface area contributed by atoms with Crippen LogP contribution in [-0.2, 0) is 0 Å². The van der Waals surface area contributed by atoms with E-state index in [0.717, 1.165) is 12.8 Å². The summed E-state index contributed by atoms with van der Waals surface area (Å²) in [6, 6.07) is 0. The molecule has 0 aromatic carbocycles. The van der Waals surface area contributed by atoms with Gasteiger partial charge < -0.3 is 10.2 Å². The summed E-state index contributed by atoms with van der Waals surface area (Å²) in [6.07, 6.45) is 1.75. The van der Waals surface area contributed by atoms with Crippen LogP contribution in [0.3, 0.4) is 0 Å². The molecule has 3 heteroatoms. The van der Waals surface area contributed by atoms with E-state index in [1.165, 1.54) is 0 Å². The molecule has 2 nitrogen and oxygen atoms in total. The molecule has 0 atom stereocenters. The first-order chi connectivity index (χ1) is 3.83. The fraction of sp³-hybridized carbons (Fsp3) is 1.00. The van der Waals surface area contributed by atoms with Crippen LogP contribution in [0.1, 0.15) is 26.7 Å². The van der Waals surface area contributed by atoms with Crippen LogP contribution in [0.5, 0.6) is 0 Å². The summed E-state index contributed by atoms with van der Waals surface area (Å²) in [6.45, 7) is 4.50. The summed E-state index contributed by atoms with van der Waals surface area (Å²) in [5.74, 6) is 0. The molecule has 0 fully saturated rings. The highest BCUT2D eigenvalue weighted by Crippen LogP contribution is 1.61. The van der Waals surface area contributed by atoms with Crippen LogP contribution < -0.4 is 0 Å². The van der Waals surface area contributed by atoms with Gasteiger partial charge in [-0.2, -0.15) is 0 Å². The van der Waals surface area contributed by atoms with E-state index in [-0.39, 0.29) is 4.70 Å². The lowest BCUT2D eigenvalue weighted by molar-refractivity contribution is 0.294. The lowest BCUT2D eigenvalue weighted by Gasteiger charge is -1.69. The zero-order valence-electron chi connectivity index (χ0n) is 6.13. The maximum Gasteiger partial charge on any atom is 0.0428 e. The van der Waals surface area contributed by atoms with Crippen LogP contribution in [0.15, 0.2) is 0 Å². The Kier molecular flexibility index (Phi) is 44.0. The number of hydrogen-bond donors (Lipinski definition) is 2. The minimum atomic E-state index is 0. The van der Waals surface area contributed by atoms with Crippen molar-refractivity contribution in [3.8, 4) is 0 Å². The van der Waals surface area contributed by atoms with E-state index in [1.54, 1.807) is 0 Å². The van der Waals surface area contributed by atoms with Crippen molar-refractivity contribution in [2.24, 2.45) is 0 Å². The van der Waals surface area contributed by atoms with Crippen LogP contribution in [0.4, 0.5) is 4.70 Å². The lowest BCUT2D eigenvalue weighted by Crippen LogP contribution is -1.69. The Labute approximate surface area is 55.9 Å². The van der Waals surface area contributed by atoms with Crippen LogP contribution in [0.25, 0.3) is 0 Å². The fourth-order valence-corrected chi connectivity index (χ4v) is 0. The van der Waals surface area contributed by atoms with Gasteiger partial charge in [0.2, 0.25) is 0 Å². The molecule has 0 bridgehead atoms. The van der Waals surface area contributed by atoms with Crippen molar-refractivity contribution >= 4 is 0 Å². The third-order valence-electron chi connectivity index (χ3n) is 0.447. The quantitative estimate of drug-likeness (QED) is 0.599. The minimum absolute atomic E-state index is 0. The molecule has 0 aliphatic rings. The van der Waals surface area contributed by atoms with E-state index >= 15 is 0 Å². The summed E-state index contributed by atoms with van der Waals surface area (Å²) >= 11 is 0. The lowest BCUT2D eigenvalue weighted by atomic mass is 10.5. The van der Waals surface area contributed by atoms with Gasteiger partial charge in [0, 0.05) is 13.2 Å². The molecule has 2 N–H and O–H groups in total. The van der Waals surface area contributed by atoms with Crippen LogP contribution in [-0.4, -0.2) is 23.4 Å². The second kappa shape index (κ2) is 24.9. The largest absolute Gasteiger partial charge is 0.396 e. The van der Waals surface area contributed by atoms with Gasteiger partial charge >= 0.3 is 0 Å². The molecule has 0 radical (unpaired) electrons. The third kappa shape index (κ3) is 78.5. The maximum absolute atomic E-state index is 7.88. The van der Waals surface area contributed by atoms with Gasteiger partial charge in [0.05, 0.1) is 0 Å². The zero-order chi connectivity index (χ0) is 6.83. The van der Waals surface area contributed by atoms with Gasteiger partial charge in [-0.15, -0.1) is 0 Å². The minimum Gasteiger partial charge on any atom is -0.396 e. The zero-order valence-corrected chi connectivity index (χ0v) is 6.13.